The molecule has 5 N–H and O–H groups in total. The van der Waals surface area contributed by atoms with E-state index in [0.717, 1.165) is 5.75 Å². The van der Waals surface area contributed by atoms with Gasteiger partial charge in [-0.3, -0.25) is 25.2 Å². The Morgan fingerprint density at radius 2 is 1.84 bits per heavy atom. The topological polar surface area (TPSA) is 125 Å². The zero-order chi connectivity index (χ0) is 19.0. The van der Waals surface area contributed by atoms with Crippen LogP contribution in [0.2, 0.25) is 0 Å². The molecule has 1 saturated heterocycles. The fourth-order valence-corrected chi connectivity index (χ4v) is 3.43. The lowest BCUT2D eigenvalue weighted by atomic mass is 9.96. The van der Waals surface area contributed by atoms with Crippen LogP contribution in [-0.4, -0.2) is 64.0 Å². The van der Waals surface area contributed by atoms with Gasteiger partial charge >= 0.3 is 0 Å². The van der Waals surface area contributed by atoms with Crippen LogP contribution in [0.3, 0.4) is 0 Å². The number of nitrogens with one attached hydrogen (secondary N) is 2. The summed E-state index contributed by atoms with van der Waals surface area (Å²) in [5.74, 6) is -0.530. The van der Waals surface area contributed by atoms with Gasteiger partial charge in [-0.2, -0.15) is 11.8 Å². The van der Waals surface area contributed by atoms with Crippen molar-refractivity contribution < 1.29 is 19.5 Å². The third-order valence-electron chi connectivity index (χ3n) is 4.20. The largest absolute Gasteiger partial charge is 0.382 e. The van der Waals surface area contributed by atoms with Gasteiger partial charge in [0.15, 0.2) is 0 Å². The second-order valence-electron chi connectivity index (χ2n) is 6.58. The minimum absolute atomic E-state index is 0.0000918. The van der Waals surface area contributed by atoms with Gasteiger partial charge in [-0.15, -0.1) is 0 Å². The van der Waals surface area contributed by atoms with Gasteiger partial charge in [-0.1, -0.05) is 13.8 Å². The number of carbonyl (C=O) groups excluding carboxylic acids is 3. The zero-order valence-electron chi connectivity index (χ0n) is 15.2. The van der Waals surface area contributed by atoms with Crippen LogP contribution in [0, 0.1) is 5.92 Å². The molecule has 0 saturated carbocycles. The van der Waals surface area contributed by atoms with E-state index in [9.17, 15) is 19.5 Å². The summed E-state index contributed by atoms with van der Waals surface area (Å²) in [4.78, 5) is 36.9. The van der Waals surface area contributed by atoms with Crippen molar-refractivity contribution in [2.45, 2.75) is 57.4 Å². The summed E-state index contributed by atoms with van der Waals surface area (Å²) in [6.45, 7) is 6.70. The molecule has 0 aromatic rings. The predicted molar refractivity (Wildman–Crippen MR) is 97.5 cm³/mol. The molecule has 1 unspecified atom stereocenters. The number of rotatable bonds is 7. The number of likely N-dealkylation sites (tertiary alicyclic amines) is 1. The average Bonchev–Trinajstić information content (AvgIpc) is 2.58. The van der Waals surface area contributed by atoms with E-state index in [1.165, 1.54) is 6.92 Å². The summed E-state index contributed by atoms with van der Waals surface area (Å²) in [5.41, 5.74) is 10.4. The lowest BCUT2D eigenvalue weighted by molar-refractivity contribution is -0.138. The molecule has 1 aliphatic heterocycles. The number of aliphatic hydroxyl groups is 1. The van der Waals surface area contributed by atoms with Gasteiger partial charge in [-0.05, 0) is 30.3 Å². The van der Waals surface area contributed by atoms with Crippen LogP contribution in [0.5, 0.6) is 0 Å². The first kappa shape index (κ1) is 21.7. The molecule has 1 fully saturated rings. The van der Waals surface area contributed by atoms with Gasteiger partial charge in [0, 0.05) is 32.0 Å². The minimum Gasteiger partial charge on any atom is -0.382 e. The number of hydrogen-bond donors (Lipinski definition) is 4. The highest BCUT2D eigenvalue weighted by Crippen LogP contribution is 2.17. The maximum Gasteiger partial charge on any atom is 0.268 e. The monoisotopic (exact) mass is 374 g/mol. The SMILES string of the molecule is CC(=O)N1CCC(C(=O)NNC(=O)C(O)[C@H](N)CCSC(C)C)CC1. The van der Waals surface area contributed by atoms with E-state index in [4.69, 9.17) is 5.73 Å². The Balaban J connectivity index is 2.30. The highest BCUT2D eigenvalue weighted by atomic mass is 32.2. The molecule has 0 aromatic heterocycles. The Kier molecular flexibility index (Phi) is 9.23. The van der Waals surface area contributed by atoms with E-state index in [0.29, 0.717) is 37.6 Å². The van der Waals surface area contributed by atoms with Crippen LogP contribution < -0.4 is 16.6 Å². The molecule has 144 valence electrons. The van der Waals surface area contributed by atoms with E-state index in [-0.39, 0.29) is 17.7 Å². The Bertz CT molecular complexity index is 467. The van der Waals surface area contributed by atoms with E-state index in [1.807, 2.05) is 0 Å². The first-order valence-electron chi connectivity index (χ1n) is 8.62. The Morgan fingerprint density at radius 3 is 2.36 bits per heavy atom. The molecule has 2 atom stereocenters. The molecule has 1 rings (SSSR count). The number of piperidine rings is 1. The van der Waals surface area contributed by atoms with Gasteiger partial charge in [-0.25, -0.2) is 0 Å². The van der Waals surface area contributed by atoms with E-state index < -0.39 is 18.1 Å². The van der Waals surface area contributed by atoms with Crippen LogP contribution in [0.15, 0.2) is 0 Å². The molecular weight excluding hydrogens is 344 g/mol. The maximum atomic E-state index is 12.1. The fraction of sp³-hybridized carbons (Fsp3) is 0.812. The number of thioether (sulfide) groups is 1. The number of hydrogen-bond acceptors (Lipinski definition) is 6. The van der Waals surface area contributed by atoms with Crippen molar-refractivity contribution in [3.05, 3.63) is 0 Å². The van der Waals surface area contributed by atoms with Crippen molar-refractivity contribution in [2.24, 2.45) is 11.7 Å². The number of nitrogens with zero attached hydrogens (tertiary/aromatic N) is 1. The number of aliphatic hydroxyl groups excluding tert-OH is 1. The molecule has 0 aliphatic carbocycles. The summed E-state index contributed by atoms with van der Waals surface area (Å²) < 4.78 is 0. The molecule has 1 heterocycles. The van der Waals surface area contributed by atoms with Crippen molar-refractivity contribution in [3.63, 3.8) is 0 Å². The van der Waals surface area contributed by atoms with Gasteiger partial charge in [0.1, 0.15) is 6.10 Å². The van der Waals surface area contributed by atoms with Gasteiger partial charge in [0.25, 0.3) is 5.91 Å². The van der Waals surface area contributed by atoms with Crippen molar-refractivity contribution in [2.75, 3.05) is 18.8 Å². The molecule has 0 bridgehead atoms. The molecule has 0 radical (unpaired) electrons. The fourth-order valence-electron chi connectivity index (χ4n) is 2.55. The second kappa shape index (κ2) is 10.6. The summed E-state index contributed by atoms with van der Waals surface area (Å²) in [5, 5.41) is 10.4. The smallest absolute Gasteiger partial charge is 0.268 e. The predicted octanol–water partition coefficient (Wildman–Crippen LogP) is -0.388. The average molecular weight is 375 g/mol. The lowest BCUT2D eigenvalue weighted by Crippen LogP contribution is -2.54. The third kappa shape index (κ3) is 7.62. The van der Waals surface area contributed by atoms with Crippen molar-refractivity contribution in [1.82, 2.24) is 15.8 Å². The Morgan fingerprint density at radius 1 is 1.24 bits per heavy atom. The van der Waals surface area contributed by atoms with E-state index >= 15 is 0 Å². The highest BCUT2D eigenvalue weighted by molar-refractivity contribution is 7.99. The summed E-state index contributed by atoms with van der Waals surface area (Å²) >= 11 is 1.71. The molecule has 0 aromatic carbocycles. The van der Waals surface area contributed by atoms with Crippen LogP contribution >= 0.6 is 11.8 Å². The van der Waals surface area contributed by atoms with E-state index in [2.05, 4.69) is 24.7 Å². The van der Waals surface area contributed by atoms with Crippen molar-refractivity contribution in [3.8, 4) is 0 Å². The molecule has 1 aliphatic rings. The van der Waals surface area contributed by atoms with E-state index in [1.54, 1.807) is 16.7 Å². The minimum atomic E-state index is -1.37. The van der Waals surface area contributed by atoms with Crippen molar-refractivity contribution >= 4 is 29.5 Å². The summed E-state index contributed by atoms with van der Waals surface area (Å²) in [6, 6.07) is -0.679. The Labute approximate surface area is 153 Å². The second-order valence-corrected chi connectivity index (χ2v) is 8.26. The van der Waals surface area contributed by atoms with Gasteiger partial charge < -0.3 is 15.7 Å². The molecule has 25 heavy (non-hydrogen) atoms. The normalized spacial score (nSPS) is 17.9. The van der Waals surface area contributed by atoms with Crippen LogP contribution in [0.1, 0.15) is 40.0 Å². The third-order valence-corrected chi connectivity index (χ3v) is 5.33. The first-order chi connectivity index (χ1) is 11.7. The number of nitrogens with two attached hydrogens (primary N) is 1. The van der Waals surface area contributed by atoms with Crippen LogP contribution in [0.4, 0.5) is 0 Å². The summed E-state index contributed by atoms with van der Waals surface area (Å²) in [7, 11) is 0. The maximum absolute atomic E-state index is 12.1. The number of amides is 3. The summed E-state index contributed by atoms with van der Waals surface area (Å²) in [6.07, 6.45) is 0.244. The van der Waals surface area contributed by atoms with Gasteiger partial charge in [0.2, 0.25) is 11.8 Å². The molecular formula is C16H30N4O4S. The van der Waals surface area contributed by atoms with Crippen LogP contribution in [0.25, 0.3) is 0 Å². The molecule has 9 heteroatoms. The number of carbonyl (C=O) groups is 3. The molecule has 0 spiro atoms. The van der Waals surface area contributed by atoms with Crippen LogP contribution in [-0.2, 0) is 14.4 Å². The quantitative estimate of drug-likeness (QED) is 0.450. The van der Waals surface area contributed by atoms with Gasteiger partial charge in [0.05, 0.1) is 0 Å². The standard InChI is InChI=1S/C16H30N4O4S/c1-10(2)25-9-6-13(17)14(22)16(24)19-18-15(23)12-4-7-20(8-5-12)11(3)21/h10,12-14,22H,4-9,17H2,1-3H3,(H,18,23)(H,19,24)/t13-,14?/m1/s1. The zero-order valence-corrected chi connectivity index (χ0v) is 16.0. The Hall–Kier alpha value is -1.32. The molecule has 8 nitrogen and oxygen atoms in total. The highest BCUT2D eigenvalue weighted by Gasteiger charge is 2.27. The van der Waals surface area contributed by atoms with Crippen molar-refractivity contribution in [1.29, 1.82) is 0 Å². The number of hydrazine groups is 1. The molecule has 3 amide bonds. The first-order valence-corrected chi connectivity index (χ1v) is 9.67. The lowest BCUT2D eigenvalue weighted by Gasteiger charge is -2.30.